The molecule has 1 aliphatic heterocycles. The highest BCUT2D eigenvalue weighted by atomic mass is 16.6. The van der Waals surface area contributed by atoms with Gasteiger partial charge in [0.2, 0.25) is 6.10 Å². The first kappa shape index (κ1) is 20.9. The number of esters is 4. The Kier molecular flexibility index (Phi) is 5.77. The third-order valence-corrected chi connectivity index (χ3v) is 4.48. The highest BCUT2D eigenvalue weighted by Crippen LogP contribution is 2.31. The quantitative estimate of drug-likeness (QED) is 0.225. The van der Waals surface area contributed by atoms with Crippen LogP contribution in [0.2, 0.25) is 0 Å². The Morgan fingerprint density at radius 2 is 1.73 bits per heavy atom. The summed E-state index contributed by atoms with van der Waals surface area (Å²) in [7, 11) is 0. The molecule has 1 aliphatic rings. The van der Waals surface area contributed by atoms with Gasteiger partial charge in [-0.25, -0.2) is 19.2 Å². The molecule has 0 aliphatic carbocycles. The summed E-state index contributed by atoms with van der Waals surface area (Å²) in [4.78, 5) is 61.1. The van der Waals surface area contributed by atoms with Gasteiger partial charge < -0.3 is 14.2 Å². The molecule has 0 amide bonds. The molecule has 0 aromatic heterocycles. The largest absolute Gasteiger partial charge is 0.463 e. The van der Waals surface area contributed by atoms with E-state index in [1.54, 1.807) is 19.1 Å². The average Bonchev–Trinajstić information content (AvgIpc) is 2.70. The van der Waals surface area contributed by atoms with Crippen LogP contribution in [0.1, 0.15) is 51.3 Å². The predicted molar refractivity (Wildman–Crippen MR) is 104 cm³/mol. The van der Waals surface area contributed by atoms with Gasteiger partial charge in [0.05, 0.1) is 24.2 Å². The molecule has 8 heteroatoms. The number of carbonyl (C=O) groups excluding carboxylic acids is 5. The average molecular weight is 410 g/mol. The zero-order chi connectivity index (χ0) is 22.0. The second-order valence-corrected chi connectivity index (χ2v) is 6.62. The molecule has 0 spiro atoms. The summed E-state index contributed by atoms with van der Waals surface area (Å²) in [5, 5.41) is 0.657. The molecule has 8 nitrogen and oxygen atoms in total. The van der Waals surface area contributed by atoms with Crippen molar-refractivity contribution >= 4 is 40.4 Å². The van der Waals surface area contributed by atoms with E-state index >= 15 is 0 Å². The van der Waals surface area contributed by atoms with Gasteiger partial charge >= 0.3 is 23.9 Å². The Bertz CT molecular complexity index is 1090. The molecule has 3 rings (SSSR count). The number of hydrogen-bond acceptors (Lipinski definition) is 8. The van der Waals surface area contributed by atoms with Crippen molar-refractivity contribution in [2.75, 3.05) is 6.61 Å². The van der Waals surface area contributed by atoms with E-state index in [1.165, 1.54) is 25.1 Å². The van der Waals surface area contributed by atoms with E-state index in [0.29, 0.717) is 10.8 Å². The predicted octanol–water partition coefficient (Wildman–Crippen LogP) is 2.77. The lowest BCUT2D eigenvalue weighted by molar-refractivity contribution is -0.165. The summed E-state index contributed by atoms with van der Waals surface area (Å²) in [6.45, 7) is 6.49. The van der Waals surface area contributed by atoms with Gasteiger partial charge in [-0.05, 0) is 37.4 Å². The molecule has 0 saturated heterocycles. The maximum Gasteiger partial charge on any atom is 0.347 e. The van der Waals surface area contributed by atoms with Crippen molar-refractivity contribution in [3.05, 3.63) is 59.2 Å². The second kappa shape index (κ2) is 8.28. The Balaban J connectivity index is 2.00. The fourth-order valence-corrected chi connectivity index (χ4v) is 3.10. The number of hydrogen-bond donors (Lipinski definition) is 0. The van der Waals surface area contributed by atoms with E-state index in [4.69, 9.17) is 14.2 Å². The molecule has 0 N–H and O–H groups in total. The standard InChI is InChI=1S/C22H18O8/c1-4-28-22(27)17(29-19(24)11(2)3)10-16(23)12-8-9-15-18-13(12)6-5-7-14(18)20(25)30-21(15)26/h5-9,17H,2,4,10H2,1,3H3. The molecule has 30 heavy (non-hydrogen) atoms. The van der Waals surface area contributed by atoms with Crippen LogP contribution in [0, 0.1) is 0 Å². The topological polar surface area (TPSA) is 113 Å². The first-order chi connectivity index (χ1) is 14.2. The molecule has 0 bridgehead atoms. The summed E-state index contributed by atoms with van der Waals surface area (Å²) < 4.78 is 14.7. The van der Waals surface area contributed by atoms with Crippen LogP contribution in [0.15, 0.2) is 42.5 Å². The Morgan fingerprint density at radius 1 is 1.07 bits per heavy atom. The van der Waals surface area contributed by atoms with Gasteiger partial charge in [-0.15, -0.1) is 0 Å². The first-order valence-corrected chi connectivity index (χ1v) is 9.13. The van der Waals surface area contributed by atoms with Gasteiger partial charge in [0.1, 0.15) is 0 Å². The van der Waals surface area contributed by atoms with Crippen molar-refractivity contribution in [1.82, 2.24) is 0 Å². The van der Waals surface area contributed by atoms with Gasteiger partial charge in [0.15, 0.2) is 5.78 Å². The SMILES string of the molecule is C=C(C)C(=O)OC(CC(=O)c1ccc2c3c(cccc13)C(=O)OC2=O)C(=O)OCC. The van der Waals surface area contributed by atoms with E-state index in [-0.39, 0.29) is 28.9 Å². The summed E-state index contributed by atoms with van der Waals surface area (Å²) in [5.41, 5.74) is 0.550. The lowest BCUT2D eigenvalue weighted by Crippen LogP contribution is -2.32. The van der Waals surface area contributed by atoms with E-state index in [1.807, 2.05) is 0 Å². The summed E-state index contributed by atoms with van der Waals surface area (Å²) >= 11 is 0. The van der Waals surface area contributed by atoms with E-state index in [0.717, 1.165) is 0 Å². The lowest BCUT2D eigenvalue weighted by Gasteiger charge is -2.19. The highest BCUT2D eigenvalue weighted by molar-refractivity contribution is 6.24. The molecule has 2 aromatic rings. The van der Waals surface area contributed by atoms with Crippen LogP contribution in [0.25, 0.3) is 10.8 Å². The number of benzene rings is 2. The van der Waals surface area contributed by atoms with Crippen molar-refractivity contribution in [2.45, 2.75) is 26.4 Å². The van der Waals surface area contributed by atoms with Crippen molar-refractivity contribution in [1.29, 1.82) is 0 Å². The van der Waals surface area contributed by atoms with Gasteiger partial charge in [-0.1, -0.05) is 18.7 Å². The maximum absolute atomic E-state index is 13.0. The number of carbonyl (C=O) groups is 5. The number of rotatable bonds is 7. The van der Waals surface area contributed by atoms with Gasteiger partial charge in [0, 0.05) is 16.5 Å². The molecule has 1 unspecified atom stereocenters. The first-order valence-electron chi connectivity index (χ1n) is 9.13. The van der Waals surface area contributed by atoms with E-state index in [2.05, 4.69) is 6.58 Å². The van der Waals surface area contributed by atoms with E-state index in [9.17, 15) is 24.0 Å². The van der Waals surface area contributed by atoms with Gasteiger partial charge in [-0.2, -0.15) is 0 Å². The zero-order valence-electron chi connectivity index (χ0n) is 16.4. The minimum atomic E-state index is -1.46. The number of ether oxygens (including phenoxy) is 3. The molecule has 0 fully saturated rings. The fraction of sp³-hybridized carbons (Fsp3) is 0.227. The van der Waals surface area contributed by atoms with Gasteiger partial charge in [0.25, 0.3) is 0 Å². The minimum Gasteiger partial charge on any atom is -0.463 e. The molecule has 2 aromatic carbocycles. The monoisotopic (exact) mass is 410 g/mol. The van der Waals surface area contributed by atoms with Crippen molar-refractivity contribution in [2.24, 2.45) is 0 Å². The van der Waals surface area contributed by atoms with Crippen LogP contribution in [0.5, 0.6) is 0 Å². The van der Waals surface area contributed by atoms with Crippen LogP contribution in [0.3, 0.4) is 0 Å². The van der Waals surface area contributed by atoms with Crippen LogP contribution < -0.4 is 0 Å². The highest BCUT2D eigenvalue weighted by Gasteiger charge is 2.31. The number of ketones is 1. The van der Waals surface area contributed by atoms with Crippen LogP contribution in [0.4, 0.5) is 0 Å². The summed E-state index contributed by atoms with van der Waals surface area (Å²) in [5.74, 6) is -3.82. The molecule has 1 atom stereocenters. The zero-order valence-corrected chi connectivity index (χ0v) is 16.4. The molecular formula is C22H18O8. The Morgan fingerprint density at radius 3 is 2.37 bits per heavy atom. The van der Waals surface area contributed by atoms with Crippen molar-refractivity contribution < 1.29 is 38.2 Å². The van der Waals surface area contributed by atoms with Crippen LogP contribution in [-0.2, 0) is 23.8 Å². The van der Waals surface area contributed by atoms with Crippen molar-refractivity contribution in [3.63, 3.8) is 0 Å². The van der Waals surface area contributed by atoms with Gasteiger partial charge in [-0.3, -0.25) is 4.79 Å². The minimum absolute atomic E-state index is 0.0410. The summed E-state index contributed by atoms with van der Waals surface area (Å²) in [6, 6.07) is 7.42. The Hall–Kier alpha value is -3.81. The Labute approximate surface area is 171 Å². The third kappa shape index (κ3) is 3.84. The fourth-order valence-electron chi connectivity index (χ4n) is 3.10. The molecule has 0 radical (unpaired) electrons. The van der Waals surface area contributed by atoms with Crippen LogP contribution >= 0.6 is 0 Å². The molecule has 154 valence electrons. The smallest absolute Gasteiger partial charge is 0.347 e. The van der Waals surface area contributed by atoms with E-state index < -0.39 is 42.2 Å². The van der Waals surface area contributed by atoms with Crippen molar-refractivity contribution in [3.8, 4) is 0 Å². The molecule has 1 heterocycles. The van der Waals surface area contributed by atoms with Crippen LogP contribution in [-0.4, -0.2) is 42.4 Å². The lowest BCUT2D eigenvalue weighted by atomic mass is 9.91. The second-order valence-electron chi connectivity index (χ2n) is 6.62. The molecular weight excluding hydrogens is 392 g/mol. The third-order valence-electron chi connectivity index (χ3n) is 4.48. The summed E-state index contributed by atoms with van der Waals surface area (Å²) in [6.07, 6.45) is -1.94. The number of Topliss-reactive ketones (excluding diaryl/α,β-unsaturated/α-hetero) is 1. The number of cyclic esters (lactones) is 2. The molecule has 0 saturated carbocycles. The maximum atomic E-state index is 13.0. The normalized spacial score (nSPS) is 13.4.